The van der Waals surface area contributed by atoms with Gasteiger partial charge in [-0.1, -0.05) is 19.4 Å². The van der Waals surface area contributed by atoms with E-state index in [2.05, 4.69) is 24.8 Å². The van der Waals surface area contributed by atoms with Crippen LogP contribution in [0.25, 0.3) is 0 Å². The molecule has 2 aliphatic carbocycles. The van der Waals surface area contributed by atoms with Crippen molar-refractivity contribution in [2.45, 2.75) is 64.6 Å². The van der Waals surface area contributed by atoms with Gasteiger partial charge in [0.05, 0.1) is 0 Å². The van der Waals surface area contributed by atoms with Crippen molar-refractivity contribution in [3.63, 3.8) is 0 Å². The first-order valence-electron chi connectivity index (χ1n) is 8.40. The second-order valence-corrected chi connectivity index (χ2v) is 7.42. The summed E-state index contributed by atoms with van der Waals surface area (Å²) in [6, 6.07) is 0.687. The topological polar surface area (TPSA) is 32.7 Å². The van der Waals surface area contributed by atoms with Crippen molar-refractivity contribution in [1.82, 2.24) is 4.90 Å². The van der Waals surface area contributed by atoms with Crippen molar-refractivity contribution in [2.24, 2.45) is 11.3 Å². The molecule has 3 nitrogen and oxygen atoms in total. The maximum absolute atomic E-state index is 9.83. The predicted octanol–water partition coefficient (Wildman–Crippen LogP) is 4.02. The monoisotopic (exact) mass is 291 g/mol. The Bertz CT molecular complexity index is 454. The summed E-state index contributed by atoms with van der Waals surface area (Å²) < 4.78 is 5.56. The Hall–Kier alpha value is -0.800. The lowest BCUT2D eigenvalue weighted by molar-refractivity contribution is -0.134. The van der Waals surface area contributed by atoms with E-state index in [9.17, 15) is 5.11 Å². The van der Waals surface area contributed by atoms with Gasteiger partial charge in [-0.15, -0.1) is 0 Å². The summed E-state index contributed by atoms with van der Waals surface area (Å²) in [6.07, 6.45) is 11.9. The number of nitrogens with zero attached hydrogens (tertiary/aromatic N) is 1. The minimum absolute atomic E-state index is 0.211. The molecule has 0 aromatic rings. The molecule has 0 aromatic heterocycles. The number of hydrogen-bond acceptors (Lipinski definition) is 3. The van der Waals surface area contributed by atoms with Crippen molar-refractivity contribution in [3.05, 3.63) is 23.5 Å². The number of aliphatic hydroxyl groups is 1. The lowest BCUT2D eigenvalue weighted by Crippen LogP contribution is -2.55. The molecule has 0 radical (unpaired) electrons. The van der Waals surface area contributed by atoms with Crippen LogP contribution in [0.3, 0.4) is 0 Å². The van der Waals surface area contributed by atoms with E-state index in [-0.39, 0.29) is 5.41 Å². The third kappa shape index (κ3) is 2.78. The number of allylic oxidation sites excluding steroid dienone is 3. The van der Waals surface area contributed by atoms with Crippen LogP contribution >= 0.6 is 0 Å². The van der Waals surface area contributed by atoms with E-state index in [1.165, 1.54) is 38.6 Å². The molecule has 1 saturated heterocycles. The highest BCUT2D eigenvalue weighted by atomic mass is 16.5. The third-order valence-corrected chi connectivity index (χ3v) is 6.03. The van der Waals surface area contributed by atoms with Gasteiger partial charge in [-0.3, -0.25) is 4.90 Å². The second-order valence-electron chi connectivity index (χ2n) is 7.42. The standard InChI is InChI=1S/C18H29NO2/c1-13-12-18(2,9-7-16(13)20)14-5-4-6-15(11-14)19-10-8-17(19)21-3/h7,9,14-15,17,20H,4-6,8,10-12H2,1-3H3. The Morgan fingerprint density at radius 3 is 2.76 bits per heavy atom. The molecule has 4 unspecified atom stereocenters. The van der Waals surface area contributed by atoms with E-state index in [0.29, 0.717) is 23.9 Å². The summed E-state index contributed by atoms with van der Waals surface area (Å²) in [6.45, 7) is 5.63. The summed E-state index contributed by atoms with van der Waals surface area (Å²) in [5.74, 6) is 1.19. The fourth-order valence-electron chi connectivity index (χ4n) is 4.53. The van der Waals surface area contributed by atoms with Gasteiger partial charge in [0, 0.05) is 19.7 Å². The van der Waals surface area contributed by atoms with E-state index >= 15 is 0 Å². The van der Waals surface area contributed by atoms with Crippen LogP contribution in [0.15, 0.2) is 23.5 Å². The number of methoxy groups -OCH3 is 1. The van der Waals surface area contributed by atoms with E-state index in [1.54, 1.807) is 0 Å². The molecule has 0 amide bonds. The zero-order chi connectivity index (χ0) is 15.0. The normalized spacial score (nSPS) is 41.2. The van der Waals surface area contributed by atoms with Gasteiger partial charge in [0.2, 0.25) is 0 Å². The minimum Gasteiger partial charge on any atom is -0.508 e. The highest BCUT2D eigenvalue weighted by Gasteiger charge is 2.42. The largest absolute Gasteiger partial charge is 0.508 e. The Morgan fingerprint density at radius 1 is 1.33 bits per heavy atom. The first-order chi connectivity index (χ1) is 10.0. The quantitative estimate of drug-likeness (QED) is 0.852. The molecule has 3 aliphatic rings. The van der Waals surface area contributed by atoms with Crippen molar-refractivity contribution in [3.8, 4) is 0 Å². The van der Waals surface area contributed by atoms with Gasteiger partial charge in [-0.05, 0) is 62.0 Å². The molecule has 0 spiro atoms. The van der Waals surface area contributed by atoms with Gasteiger partial charge in [-0.2, -0.15) is 0 Å². The fourth-order valence-corrected chi connectivity index (χ4v) is 4.53. The molecule has 21 heavy (non-hydrogen) atoms. The van der Waals surface area contributed by atoms with E-state index < -0.39 is 0 Å². The van der Waals surface area contributed by atoms with Crippen molar-refractivity contribution in [2.75, 3.05) is 13.7 Å². The van der Waals surface area contributed by atoms with E-state index in [4.69, 9.17) is 4.74 Å². The summed E-state index contributed by atoms with van der Waals surface area (Å²) in [7, 11) is 1.83. The summed E-state index contributed by atoms with van der Waals surface area (Å²) in [4.78, 5) is 2.56. The number of aliphatic hydroxyl groups excluding tert-OH is 1. The van der Waals surface area contributed by atoms with Gasteiger partial charge < -0.3 is 9.84 Å². The van der Waals surface area contributed by atoms with Crippen LogP contribution in [0.4, 0.5) is 0 Å². The highest BCUT2D eigenvalue weighted by molar-refractivity contribution is 5.27. The predicted molar refractivity (Wildman–Crippen MR) is 85.1 cm³/mol. The zero-order valence-electron chi connectivity index (χ0n) is 13.6. The van der Waals surface area contributed by atoms with Crippen molar-refractivity contribution < 1.29 is 9.84 Å². The van der Waals surface area contributed by atoms with Gasteiger partial charge in [-0.25, -0.2) is 0 Å². The lowest BCUT2D eigenvalue weighted by atomic mass is 9.64. The Morgan fingerprint density at radius 2 is 2.14 bits per heavy atom. The number of likely N-dealkylation sites (tertiary alicyclic amines) is 1. The third-order valence-electron chi connectivity index (χ3n) is 6.03. The number of ether oxygens (including phenoxy) is 1. The Labute approximate surface area is 128 Å². The molecule has 1 N–H and O–H groups in total. The second kappa shape index (κ2) is 5.77. The van der Waals surface area contributed by atoms with Gasteiger partial charge in [0.25, 0.3) is 0 Å². The van der Waals surface area contributed by atoms with Crippen LogP contribution < -0.4 is 0 Å². The lowest BCUT2D eigenvalue weighted by Gasteiger charge is -2.50. The molecule has 118 valence electrons. The molecule has 3 heteroatoms. The first kappa shape index (κ1) is 15.1. The SMILES string of the molecule is COC1CCN1C1CCCC(C2(C)C=CC(O)=C(C)C2)C1. The Kier molecular flexibility index (Phi) is 4.15. The summed E-state index contributed by atoms with van der Waals surface area (Å²) in [5.41, 5.74) is 1.35. The molecular weight excluding hydrogens is 262 g/mol. The molecule has 1 aliphatic heterocycles. The van der Waals surface area contributed by atoms with Crippen molar-refractivity contribution >= 4 is 0 Å². The molecule has 0 bridgehead atoms. The highest BCUT2D eigenvalue weighted by Crippen LogP contribution is 2.47. The number of hydrogen-bond donors (Lipinski definition) is 1. The average molecular weight is 291 g/mol. The molecule has 1 heterocycles. The van der Waals surface area contributed by atoms with E-state index in [0.717, 1.165) is 12.0 Å². The van der Waals surface area contributed by atoms with Crippen LogP contribution in [0.2, 0.25) is 0 Å². The molecule has 0 aromatic carbocycles. The first-order valence-corrected chi connectivity index (χ1v) is 8.40. The molecular formula is C18H29NO2. The average Bonchev–Trinajstić information content (AvgIpc) is 2.43. The molecule has 3 rings (SSSR count). The van der Waals surface area contributed by atoms with Gasteiger partial charge >= 0.3 is 0 Å². The number of rotatable bonds is 3. The molecule has 1 saturated carbocycles. The van der Waals surface area contributed by atoms with Crippen LogP contribution in [-0.2, 0) is 4.74 Å². The zero-order valence-corrected chi connectivity index (χ0v) is 13.6. The maximum atomic E-state index is 9.83. The fraction of sp³-hybridized carbons (Fsp3) is 0.778. The summed E-state index contributed by atoms with van der Waals surface area (Å²) in [5, 5.41) is 9.83. The Balaban J connectivity index is 1.68. The van der Waals surface area contributed by atoms with Gasteiger partial charge in [0.1, 0.15) is 12.0 Å². The van der Waals surface area contributed by atoms with Crippen LogP contribution in [0, 0.1) is 11.3 Å². The summed E-state index contributed by atoms with van der Waals surface area (Å²) >= 11 is 0. The minimum atomic E-state index is 0.211. The maximum Gasteiger partial charge on any atom is 0.114 e. The van der Waals surface area contributed by atoms with Crippen LogP contribution in [0.5, 0.6) is 0 Å². The van der Waals surface area contributed by atoms with Gasteiger partial charge in [0.15, 0.2) is 0 Å². The smallest absolute Gasteiger partial charge is 0.114 e. The van der Waals surface area contributed by atoms with Crippen LogP contribution in [0.1, 0.15) is 52.4 Å². The van der Waals surface area contributed by atoms with E-state index in [1.807, 2.05) is 13.2 Å². The van der Waals surface area contributed by atoms with Crippen LogP contribution in [-0.4, -0.2) is 35.9 Å². The molecule has 4 atom stereocenters. The molecule has 2 fully saturated rings. The van der Waals surface area contributed by atoms with Crippen molar-refractivity contribution in [1.29, 1.82) is 0 Å².